The third-order valence-electron chi connectivity index (χ3n) is 5.12. The highest BCUT2D eigenvalue weighted by molar-refractivity contribution is 7.89. The minimum atomic E-state index is -3.71. The van der Waals surface area contributed by atoms with Crippen LogP contribution in [0.5, 0.6) is 5.75 Å². The van der Waals surface area contributed by atoms with Gasteiger partial charge >= 0.3 is 0 Å². The molecule has 0 radical (unpaired) electrons. The molecule has 2 aromatic carbocycles. The molecule has 0 aliphatic carbocycles. The number of anilines is 1. The second kappa shape index (κ2) is 10.1. The van der Waals surface area contributed by atoms with E-state index in [2.05, 4.69) is 9.71 Å². The van der Waals surface area contributed by atoms with Gasteiger partial charge in [0.05, 0.1) is 35.6 Å². The van der Waals surface area contributed by atoms with E-state index in [1.165, 1.54) is 18.5 Å². The molecule has 1 unspecified atom stereocenters. The lowest BCUT2D eigenvalue weighted by Gasteiger charge is -2.25. The van der Waals surface area contributed by atoms with E-state index in [1.807, 2.05) is 36.2 Å². The summed E-state index contributed by atoms with van der Waals surface area (Å²) in [5, 5.41) is 7.50. The van der Waals surface area contributed by atoms with Gasteiger partial charge in [-0.05, 0) is 55.0 Å². The highest BCUT2D eigenvalue weighted by Crippen LogP contribution is 2.39. The van der Waals surface area contributed by atoms with Crippen molar-refractivity contribution in [3.8, 4) is 5.75 Å². The van der Waals surface area contributed by atoms with Gasteiger partial charge in [0.2, 0.25) is 10.0 Å². The van der Waals surface area contributed by atoms with Crippen LogP contribution in [-0.2, 0) is 10.0 Å². The molecule has 0 fully saturated rings. The Kier molecular flexibility index (Phi) is 7.19. The van der Waals surface area contributed by atoms with Gasteiger partial charge < -0.3 is 4.74 Å². The van der Waals surface area contributed by atoms with E-state index in [9.17, 15) is 8.42 Å². The van der Waals surface area contributed by atoms with Gasteiger partial charge in [-0.1, -0.05) is 35.3 Å². The Morgan fingerprint density at radius 1 is 1.15 bits per heavy atom. The first-order valence-electron chi connectivity index (χ1n) is 10.3. The molecule has 4 rings (SSSR count). The Bertz CT molecular complexity index is 1250. The number of ether oxygens (including phenoxy) is 1. The number of hydrazone groups is 1. The van der Waals surface area contributed by atoms with E-state index in [4.69, 9.17) is 33.0 Å². The smallest absolute Gasteiger partial charge is 0.242 e. The summed E-state index contributed by atoms with van der Waals surface area (Å²) in [6, 6.07) is 15.9. The maximum Gasteiger partial charge on any atom is 0.242 e. The standard InChI is InChI=1S/C23H22Cl2N4O3S/c1-2-32-19-8-5-16(6-9-19)23-13-18(14-27-33(30,31)20-4-3-11-26-15-20)28-29(23)22-10-7-17(24)12-21(22)25/h3-12,15,23,27H,2,13-14H2,1H3. The normalized spacial score (nSPS) is 16.0. The van der Waals surface area contributed by atoms with Gasteiger partial charge in [0, 0.05) is 23.8 Å². The maximum absolute atomic E-state index is 12.6. The van der Waals surface area contributed by atoms with Crippen LogP contribution in [0.3, 0.4) is 0 Å². The molecule has 1 atom stereocenters. The minimum absolute atomic E-state index is 0.0620. The SMILES string of the molecule is CCOc1ccc(C2CC(CNS(=O)(=O)c3cccnc3)=NN2c2ccc(Cl)cc2Cl)cc1. The van der Waals surface area contributed by atoms with E-state index in [0.717, 1.165) is 11.3 Å². The topological polar surface area (TPSA) is 83.9 Å². The predicted molar refractivity (Wildman–Crippen MR) is 131 cm³/mol. The average Bonchev–Trinajstić information content (AvgIpc) is 3.23. The fraction of sp³-hybridized carbons (Fsp3) is 0.217. The fourth-order valence-corrected chi connectivity index (χ4v) is 5.02. The Balaban J connectivity index is 1.60. The zero-order valence-electron chi connectivity index (χ0n) is 17.8. The van der Waals surface area contributed by atoms with Crippen molar-refractivity contribution in [3.63, 3.8) is 0 Å². The largest absolute Gasteiger partial charge is 0.494 e. The molecule has 1 N–H and O–H groups in total. The van der Waals surface area contributed by atoms with Gasteiger partial charge in [-0.3, -0.25) is 9.99 Å². The van der Waals surface area contributed by atoms with Crippen LogP contribution in [0.4, 0.5) is 5.69 Å². The number of hydrogen-bond donors (Lipinski definition) is 1. The predicted octanol–water partition coefficient (Wildman–Crippen LogP) is 5.07. The van der Waals surface area contributed by atoms with Crippen molar-refractivity contribution >= 4 is 44.6 Å². The van der Waals surface area contributed by atoms with E-state index in [1.54, 1.807) is 24.3 Å². The number of nitrogens with zero attached hydrogens (tertiary/aromatic N) is 3. The fourth-order valence-electron chi connectivity index (χ4n) is 3.55. The van der Waals surface area contributed by atoms with E-state index >= 15 is 0 Å². The lowest BCUT2D eigenvalue weighted by Crippen LogP contribution is -2.29. The molecule has 172 valence electrons. The van der Waals surface area contributed by atoms with Crippen molar-refractivity contribution in [3.05, 3.63) is 82.6 Å². The Morgan fingerprint density at radius 3 is 2.61 bits per heavy atom. The number of sulfonamides is 1. The van der Waals surface area contributed by atoms with Crippen LogP contribution >= 0.6 is 23.2 Å². The van der Waals surface area contributed by atoms with Gasteiger partial charge in [0.15, 0.2) is 0 Å². The summed E-state index contributed by atoms with van der Waals surface area (Å²) >= 11 is 12.5. The second-order valence-corrected chi connectivity index (χ2v) is 9.95. The van der Waals surface area contributed by atoms with Crippen LogP contribution in [0.15, 0.2) is 77.0 Å². The Hall–Kier alpha value is -2.65. The van der Waals surface area contributed by atoms with Crippen LogP contribution in [0.1, 0.15) is 24.9 Å². The first-order chi connectivity index (χ1) is 15.9. The van der Waals surface area contributed by atoms with Crippen LogP contribution in [0, 0.1) is 0 Å². The second-order valence-electron chi connectivity index (χ2n) is 7.34. The van der Waals surface area contributed by atoms with Gasteiger partial charge in [-0.15, -0.1) is 0 Å². The van der Waals surface area contributed by atoms with Crippen LogP contribution in [0.2, 0.25) is 10.0 Å². The maximum atomic E-state index is 12.6. The van der Waals surface area contributed by atoms with Crippen LogP contribution in [-0.4, -0.2) is 32.3 Å². The molecule has 0 saturated carbocycles. The quantitative estimate of drug-likeness (QED) is 0.462. The van der Waals surface area contributed by atoms with Crippen molar-refractivity contribution in [1.29, 1.82) is 0 Å². The summed E-state index contributed by atoms with van der Waals surface area (Å²) in [4.78, 5) is 3.98. The molecule has 33 heavy (non-hydrogen) atoms. The van der Waals surface area contributed by atoms with E-state index in [-0.39, 0.29) is 17.5 Å². The molecule has 0 amide bonds. The highest BCUT2D eigenvalue weighted by atomic mass is 35.5. The molecule has 2 heterocycles. The van der Waals surface area contributed by atoms with Gasteiger partial charge in [-0.2, -0.15) is 5.10 Å². The molecule has 0 bridgehead atoms. The van der Waals surface area contributed by atoms with E-state index < -0.39 is 10.0 Å². The molecule has 7 nitrogen and oxygen atoms in total. The third kappa shape index (κ3) is 5.47. The molecular formula is C23H22Cl2N4O3S. The van der Waals surface area contributed by atoms with Crippen molar-refractivity contribution in [1.82, 2.24) is 9.71 Å². The lowest BCUT2D eigenvalue weighted by molar-refractivity contribution is 0.340. The summed E-state index contributed by atoms with van der Waals surface area (Å²) in [6.45, 7) is 2.58. The monoisotopic (exact) mass is 504 g/mol. The Labute approximate surface area is 203 Å². The zero-order valence-corrected chi connectivity index (χ0v) is 20.1. The summed E-state index contributed by atoms with van der Waals surface area (Å²) in [6.07, 6.45) is 3.35. The number of pyridine rings is 1. The molecule has 0 spiro atoms. The van der Waals surface area contributed by atoms with Gasteiger partial charge in [0.25, 0.3) is 0 Å². The molecule has 1 aliphatic heterocycles. The first kappa shape index (κ1) is 23.5. The summed E-state index contributed by atoms with van der Waals surface area (Å²) in [7, 11) is -3.71. The van der Waals surface area contributed by atoms with Crippen molar-refractivity contribution in [2.24, 2.45) is 5.10 Å². The van der Waals surface area contributed by atoms with Gasteiger partial charge in [0.1, 0.15) is 10.6 Å². The lowest BCUT2D eigenvalue weighted by atomic mass is 10.0. The number of nitrogens with one attached hydrogen (secondary N) is 1. The molecule has 1 aromatic heterocycles. The number of halogens is 2. The highest BCUT2D eigenvalue weighted by Gasteiger charge is 2.31. The van der Waals surface area contributed by atoms with Crippen molar-refractivity contribution in [2.75, 3.05) is 18.2 Å². The summed E-state index contributed by atoms with van der Waals surface area (Å²) < 4.78 is 33.4. The molecule has 0 saturated heterocycles. The average molecular weight is 505 g/mol. The molecule has 3 aromatic rings. The van der Waals surface area contributed by atoms with Crippen LogP contribution in [0.25, 0.3) is 0 Å². The van der Waals surface area contributed by atoms with Crippen molar-refractivity contribution in [2.45, 2.75) is 24.3 Å². The minimum Gasteiger partial charge on any atom is -0.494 e. The molecule has 1 aliphatic rings. The molecular weight excluding hydrogens is 483 g/mol. The number of aromatic nitrogens is 1. The summed E-state index contributed by atoms with van der Waals surface area (Å²) in [5.74, 6) is 0.778. The van der Waals surface area contributed by atoms with E-state index in [0.29, 0.717) is 34.5 Å². The Morgan fingerprint density at radius 2 is 1.94 bits per heavy atom. The van der Waals surface area contributed by atoms with Gasteiger partial charge in [-0.25, -0.2) is 13.1 Å². The van der Waals surface area contributed by atoms with Crippen molar-refractivity contribution < 1.29 is 13.2 Å². The zero-order chi connectivity index (χ0) is 23.4. The summed E-state index contributed by atoms with van der Waals surface area (Å²) in [5.41, 5.74) is 2.36. The molecule has 10 heteroatoms. The third-order valence-corrected chi connectivity index (χ3v) is 7.04. The number of hydrogen-bond acceptors (Lipinski definition) is 6. The van der Waals surface area contributed by atoms with Crippen LogP contribution < -0.4 is 14.5 Å². The number of benzene rings is 2. The first-order valence-corrected chi connectivity index (χ1v) is 12.5. The number of rotatable bonds is 8.